The van der Waals surface area contributed by atoms with Crippen LogP contribution in [0.3, 0.4) is 0 Å². The van der Waals surface area contributed by atoms with E-state index < -0.39 is 4.92 Å². The van der Waals surface area contributed by atoms with E-state index in [4.69, 9.17) is 5.73 Å². The van der Waals surface area contributed by atoms with Crippen LogP contribution in [-0.2, 0) is 0 Å². The van der Waals surface area contributed by atoms with Gasteiger partial charge in [-0.1, -0.05) is 18.2 Å². The number of rotatable bonds is 2. The summed E-state index contributed by atoms with van der Waals surface area (Å²) in [5, 5.41) is 23.3. The molecule has 1 heterocycles. The van der Waals surface area contributed by atoms with Crippen LogP contribution in [0.4, 0.5) is 11.5 Å². The lowest BCUT2D eigenvalue weighted by Gasteiger charge is -2.09. The predicted octanol–water partition coefficient (Wildman–Crippen LogP) is 2.03. The van der Waals surface area contributed by atoms with Crippen LogP contribution < -0.4 is 10.5 Å². The summed E-state index contributed by atoms with van der Waals surface area (Å²) in [7, 11) is 0. The summed E-state index contributed by atoms with van der Waals surface area (Å²) in [5.74, 6) is 0.0811. The van der Waals surface area contributed by atoms with Crippen molar-refractivity contribution < 1.29 is 9.65 Å². The molecule has 0 saturated carbocycles. The van der Waals surface area contributed by atoms with Crippen molar-refractivity contribution >= 4 is 22.5 Å². The van der Waals surface area contributed by atoms with Crippen molar-refractivity contribution in [3.8, 4) is 11.3 Å². The van der Waals surface area contributed by atoms with Gasteiger partial charge in [-0.05, 0) is 18.2 Å². The fourth-order valence-corrected chi connectivity index (χ4v) is 2.15. The molecule has 0 saturated heterocycles. The van der Waals surface area contributed by atoms with Gasteiger partial charge in [0.2, 0.25) is 5.52 Å². The largest absolute Gasteiger partial charge is 0.618 e. The number of benzene rings is 2. The minimum atomic E-state index is -0.558. The Kier molecular flexibility index (Phi) is 2.87. The molecule has 0 bridgehead atoms. The summed E-state index contributed by atoms with van der Waals surface area (Å²) in [6, 6.07) is 12.7. The number of nitrogens with two attached hydrogens (primary N) is 1. The Morgan fingerprint density at radius 1 is 1.14 bits per heavy atom. The highest BCUT2D eigenvalue weighted by Gasteiger charge is 2.21. The monoisotopic (exact) mass is 282 g/mol. The number of nitrogen functional groups attached to an aromatic ring is 1. The third kappa shape index (κ3) is 2.10. The molecule has 0 spiro atoms. The molecule has 7 heteroatoms. The number of nitro benzene ring substituents is 1. The highest BCUT2D eigenvalue weighted by atomic mass is 16.6. The molecular formula is C14H10N4O3. The molecule has 0 unspecified atom stereocenters. The van der Waals surface area contributed by atoms with Gasteiger partial charge in [-0.2, -0.15) is 4.73 Å². The molecule has 0 radical (unpaired) electrons. The summed E-state index contributed by atoms with van der Waals surface area (Å²) in [4.78, 5) is 14.4. The zero-order chi connectivity index (χ0) is 15.0. The Balaban J connectivity index is 2.33. The Hall–Kier alpha value is -3.22. The maximum absolute atomic E-state index is 12.5. The van der Waals surface area contributed by atoms with E-state index in [9.17, 15) is 15.3 Å². The summed E-state index contributed by atoms with van der Waals surface area (Å²) in [5.41, 5.74) is 6.89. The lowest BCUT2D eigenvalue weighted by molar-refractivity contribution is -0.564. The van der Waals surface area contributed by atoms with Crippen molar-refractivity contribution in [2.24, 2.45) is 0 Å². The van der Waals surface area contributed by atoms with E-state index in [1.165, 1.54) is 18.2 Å². The first-order valence-electron chi connectivity index (χ1n) is 6.10. The fraction of sp³-hybridized carbons (Fsp3) is 0. The molecule has 3 aromatic rings. The molecule has 0 aliphatic carbocycles. The standard InChI is InChI=1S/C14H10N4O3/c15-14-13(9-4-2-1-3-5-9)17(19)12-8-10(18(20)21)6-7-11(12)16-14/h1-8H,(H2,15,16). The van der Waals surface area contributed by atoms with Crippen LogP contribution >= 0.6 is 0 Å². The van der Waals surface area contributed by atoms with E-state index >= 15 is 0 Å². The number of aromatic nitrogens is 2. The van der Waals surface area contributed by atoms with Gasteiger partial charge < -0.3 is 10.9 Å². The predicted molar refractivity (Wildman–Crippen MR) is 77.2 cm³/mol. The molecule has 3 rings (SSSR count). The third-order valence-corrected chi connectivity index (χ3v) is 3.12. The van der Waals surface area contributed by atoms with Crippen molar-refractivity contribution in [3.05, 3.63) is 63.9 Å². The SMILES string of the molecule is Nc1nc2ccc([N+](=O)[O-])cc2[n+]([O-])c1-c1ccccc1. The Labute approximate surface area is 119 Å². The van der Waals surface area contributed by atoms with Gasteiger partial charge in [-0.3, -0.25) is 10.1 Å². The highest BCUT2D eigenvalue weighted by Crippen LogP contribution is 2.24. The Morgan fingerprint density at radius 2 is 1.86 bits per heavy atom. The second kappa shape index (κ2) is 4.71. The number of hydrogen-bond donors (Lipinski definition) is 1. The molecule has 0 fully saturated rings. The van der Waals surface area contributed by atoms with E-state index in [1.54, 1.807) is 24.3 Å². The van der Waals surface area contributed by atoms with Crippen LogP contribution in [0.15, 0.2) is 48.5 Å². The second-order valence-electron chi connectivity index (χ2n) is 4.44. The minimum Gasteiger partial charge on any atom is -0.618 e. The van der Waals surface area contributed by atoms with Crippen molar-refractivity contribution in [2.75, 3.05) is 5.73 Å². The quantitative estimate of drug-likeness (QED) is 0.335. The second-order valence-corrected chi connectivity index (χ2v) is 4.44. The summed E-state index contributed by atoms with van der Waals surface area (Å²) in [6.07, 6.45) is 0. The van der Waals surface area contributed by atoms with Gasteiger partial charge in [-0.15, -0.1) is 0 Å². The van der Waals surface area contributed by atoms with Gasteiger partial charge in [0, 0.05) is 6.07 Å². The van der Waals surface area contributed by atoms with E-state index in [2.05, 4.69) is 4.98 Å². The van der Waals surface area contributed by atoms with E-state index in [0.29, 0.717) is 15.8 Å². The zero-order valence-electron chi connectivity index (χ0n) is 10.8. The van der Waals surface area contributed by atoms with E-state index in [-0.39, 0.29) is 22.7 Å². The Bertz CT molecular complexity index is 850. The summed E-state index contributed by atoms with van der Waals surface area (Å²) < 4.78 is 0.583. The van der Waals surface area contributed by atoms with Crippen LogP contribution in [0.1, 0.15) is 0 Å². The van der Waals surface area contributed by atoms with Crippen LogP contribution in [0.5, 0.6) is 0 Å². The number of anilines is 1. The van der Waals surface area contributed by atoms with Crippen LogP contribution in [0, 0.1) is 15.3 Å². The number of non-ortho nitro benzene ring substituents is 1. The number of nitro groups is 1. The fourth-order valence-electron chi connectivity index (χ4n) is 2.15. The maximum atomic E-state index is 12.5. The third-order valence-electron chi connectivity index (χ3n) is 3.12. The lowest BCUT2D eigenvalue weighted by Crippen LogP contribution is -2.32. The van der Waals surface area contributed by atoms with Crippen LogP contribution in [0.2, 0.25) is 0 Å². The van der Waals surface area contributed by atoms with Gasteiger partial charge in [-0.25, -0.2) is 4.98 Å². The number of hydrogen-bond acceptors (Lipinski definition) is 5. The van der Waals surface area contributed by atoms with Gasteiger partial charge in [0.25, 0.3) is 11.4 Å². The lowest BCUT2D eigenvalue weighted by atomic mass is 10.1. The molecule has 21 heavy (non-hydrogen) atoms. The van der Waals surface area contributed by atoms with Crippen LogP contribution in [-0.4, -0.2) is 9.91 Å². The molecule has 0 aliphatic heterocycles. The maximum Gasteiger partial charge on any atom is 0.276 e. The van der Waals surface area contributed by atoms with Gasteiger partial charge in [0.15, 0.2) is 5.82 Å². The van der Waals surface area contributed by atoms with Crippen LogP contribution in [0.25, 0.3) is 22.3 Å². The van der Waals surface area contributed by atoms with E-state index in [1.807, 2.05) is 6.07 Å². The normalized spacial score (nSPS) is 10.7. The van der Waals surface area contributed by atoms with E-state index in [0.717, 1.165) is 0 Å². The van der Waals surface area contributed by atoms with Crippen molar-refractivity contribution in [3.63, 3.8) is 0 Å². The molecule has 1 aromatic heterocycles. The average molecular weight is 282 g/mol. The molecule has 2 N–H and O–H groups in total. The highest BCUT2D eigenvalue weighted by molar-refractivity contribution is 5.79. The topological polar surface area (TPSA) is 109 Å². The van der Waals surface area contributed by atoms with Gasteiger partial charge in [0.1, 0.15) is 5.52 Å². The molecule has 0 aliphatic rings. The number of nitrogens with zero attached hydrogens (tertiary/aromatic N) is 3. The molecule has 0 amide bonds. The van der Waals surface area contributed by atoms with Gasteiger partial charge >= 0.3 is 0 Å². The number of fused-ring (bicyclic) bond motifs is 1. The first kappa shape index (κ1) is 12.8. The molecule has 2 aromatic carbocycles. The van der Waals surface area contributed by atoms with Gasteiger partial charge in [0.05, 0.1) is 16.6 Å². The van der Waals surface area contributed by atoms with Crippen molar-refractivity contribution in [1.29, 1.82) is 0 Å². The first-order valence-corrected chi connectivity index (χ1v) is 6.10. The van der Waals surface area contributed by atoms with Crippen molar-refractivity contribution in [1.82, 2.24) is 4.98 Å². The first-order chi connectivity index (χ1) is 10.1. The smallest absolute Gasteiger partial charge is 0.276 e. The molecule has 0 atom stereocenters. The summed E-state index contributed by atoms with van der Waals surface area (Å²) in [6.45, 7) is 0. The molecule has 7 nitrogen and oxygen atoms in total. The van der Waals surface area contributed by atoms with Crippen molar-refractivity contribution in [2.45, 2.75) is 0 Å². The summed E-state index contributed by atoms with van der Waals surface area (Å²) >= 11 is 0. The molecule has 104 valence electrons. The minimum absolute atomic E-state index is 0.0811. The Morgan fingerprint density at radius 3 is 2.52 bits per heavy atom. The zero-order valence-corrected chi connectivity index (χ0v) is 10.8. The average Bonchev–Trinajstić information content (AvgIpc) is 2.48. The molecular weight excluding hydrogens is 272 g/mol.